The van der Waals surface area contributed by atoms with Crippen LogP contribution in [-0.2, 0) is 6.54 Å². The number of hydrogen-bond acceptors (Lipinski definition) is 4. The molecule has 0 aromatic heterocycles. The molecule has 1 amide bonds. The van der Waals surface area contributed by atoms with Crippen molar-refractivity contribution >= 4 is 47.2 Å². The minimum absolute atomic E-state index is 0. The van der Waals surface area contributed by atoms with Crippen LogP contribution in [0, 0.1) is 12.8 Å². The highest BCUT2D eigenvalue weighted by atomic mass is 35.5. The highest BCUT2D eigenvalue weighted by molar-refractivity contribution is 6.43. The van der Waals surface area contributed by atoms with Crippen LogP contribution in [0.5, 0.6) is 11.5 Å². The van der Waals surface area contributed by atoms with Gasteiger partial charge in [-0.15, -0.1) is 12.4 Å². The fraction of sp³-hybridized carbons (Fsp3) is 0.458. The van der Waals surface area contributed by atoms with E-state index in [0.29, 0.717) is 40.3 Å². The number of ether oxygens (including phenoxy) is 2. The summed E-state index contributed by atoms with van der Waals surface area (Å²) < 4.78 is 11.6. The second kappa shape index (κ2) is 10.5. The standard InChI is InChI=1S/C24H28Cl2N2O3.ClH/c1-15-6-8-27(9-7-15)10-11-31-21-13-18(4-5-20(21)30-3)28-14-17-12-19(25)23(26)16(2)22(17)24(28)29;/h4-5,12-13,15H,6-11,14H2,1-3H3;1H. The molecule has 174 valence electrons. The molecule has 2 aromatic rings. The zero-order valence-corrected chi connectivity index (χ0v) is 20.9. The molecule has 32 heavy (non-hydrogen) atoms. The van der Waals surface area contributed by atoms with Crippen molar-refractivity contribution in [1.82, 2.24) is 4.90 Å². The quantitative estimate of drug-likeness (QED) is 0.488. The molecule has 0 radical (unpaired) electrons. The molecule has 0 saturated carbocycles. The third kappa shape index (κ3) is 4.96. The molecular formula is C24H29Cl3N2O3. The van der Waals surface area contributed by atoms with Gasteiger partial charge in [0.25, 0.3) is 5.91 Å². The molecule has 2 aliphatic rings. The molecule has 0 bridgehead atoms. The van der Waals surface area contributed by atoms with Gasteiger partial charge in [0.2, 0.25) is 0 Å². The van der Waals surface area contributed by atoms with Crippen LogP contribution >= 0.6 is 35.6 Å². The van der Waals surface area contributed by atoms with Crippen LogP contribution in [0.15, 0.2) is 24.3 Å². The van der Waals surface area contributed by atoms with Crippen LogP contribution in [0.4, 0.5) is 5.69 Å². The van der Waals surface area contributed by atoms with E-state index >= 15 is 0 Å². The van der Waals surface area contributed by atoms with E-state index in [0.717, 1.165) is 42.4 Å². The minimum Gasteiger partial charge on any atom is -0.493 e. The van der Waals surface area contributed by atoms with Gasteiger partial charge >= 0.3 is 0 Å². The number of carbonyl (C=O) groups is 1. The topological polar surface area (TPSA) is 42.0 Å². The number of benzene rings is 2. The molecule has 4 rings (SSSR count). The highest BCUT2D eigenvalue weighted by Gasteiger charge is 2.32. The fourth-order valence-electron chi connectivity index (χ4n) is 4.34. The van der Waals surface area contributed by atoms with Crippen LogP contribution in [-0.4, -0.2) is 44.2 Å². The van der Waals surface area contributed by atoms with E-state index < -0.39 is 0 Å². The number of hydrogen-bond donors (Lipinski definition) is 0. The summed E-state index contributed by atoms with van der Waals surface area (Å²) in [7, 11) is 1.62. The van der Waals surface area contributed by atoms with E-state index in [1.54, 1.807) is 18.1 Å². The molecule has 0 aliphatic carbocycles. The number of carbonyl (C=O) groups excluding carboxylic acids is 1. The highest BCUT2D eigenvalue weighted by Crippen LogP contribution is 2.39. The molecule has 1 fully saturated rings. The number of methoxy groups -OCH3 is 1. The van der Waals surface area contributed by atoms with Crippen molar-refractivity contribution < 1.29 is 14.3 Å². The summed E-state index contributed by atoms with van der Waals surface area (Å²) in [5.74, 6) is 2.03. The van der Waals surface area contributed by atoms with Crippen molar-refractivity contribution in [2.75, 3.05) is 38.3 Å². The maximum absolute atomic E-state index is 13.1. The van der Waals surface area contributed by atoms with Gasteiger partial charge in [-0.3, -0.25) is 9.69 Å². The lowest BCUT2D eigenvalue weighted by Crippen LogP contribution is -2.35. The fourth-order valence-corrected chi connectivity index (χ4v) is 4.77. The Morgan fingerprint density at radius 2 is 1.84 bits per heavy atom. The Balaban J connectivity index is 0.00000289. The lowest BCUT2D eigenvalue weighted by Gasteiger charge is -2.30. The Morgan fingerprint density at radius 3 is 2.53 bits per heavy atom. The van der Waals surface area contributed by atoms with Crippen molar-refractivity contribution in [1.29, 1.82) is 0 Å². The van der Waals surface area contributed by atoms with Gasteiger partial charge in [-0.05, 0) is 68.1 Å². The predicted octanol–water partition coefficient (Wildman–Crippen LogP) is 6.00. The Hall–Kier alpha value is -1.66. The van der Waals surface area contributed by atoms with E-state index in [1.807, 2.05) is 25.1 Å². The summed E-state index contributed by atoms with van der Waals surface area (Å²) in [4.78, 5) is 17.3. The molecule has 0 atom stereocenters. The summed E-state index contributed by atoms with van der Waals surface area (Å²) in [5, 5.41) is 0.903. The van der Waals surface area contributed by atoms with E-state index in [2.05, 4.69) is 11.8 Å². The van der Waals surface area contributed by atoms with Crippen LogP contribution in [0.1, 0.15) is 41.3 Å². The van der Waals surface area contributed by atoms with E-state index in [4.69, 9.17) is 32.7 Å². The lowest BCUT2D eigenvalue weighted by atomic mass is 9.99. The zero-order chi connectivity index (χ0) is 22.1. The second-order valence-corrected chi connectivity index (χ2v) is 9.22. The van der Waals surface area contributed by atoms with Crippen molar-refractivity contribution in [3.8, 4) is 11.5 Å². The monoisotopic (exact) mass is 498 g/mol. The molecule has 5 nitrogen and oxygen atoms in total. The van der Waals surface area contributed by atoms with E-state index in [-0.39, 0.29) is 18.3 Å². The second-order valence-electron chi connectivity index (χ2n) is 8.43. The van der Waals surface area contributed by atoms with Gasteiger partial charge in [0.15, 0.2) is 11.5 Å². The number of likely N-dealkylation sites (tertiary alicyclic amines) is 1. The van der Waals surface area contributed by atoms with Gasteiger partial charge in [-0.2, -0.15) is 0 Å². The Labute approximate surface area is 206 Å². The Kier molecular flexibility index (Phi) is 8.21. The Bertz CT molecular complexity index is 991. The van der Waals surface area contributed by atoms with Crippen molar-refractivity contribution in [3.63, 3.8) is 0 Å². The molecule has 2 aliphatic heterocycles. The smallest absolute Gasteiger partial charge is 0.259 e. The van der Waals surface area contributed by atoms with Gasteiger partial charge in [0.05, 0.1) is 23.7 Å². The molecule has 0 N–H and O–H groups in total. The number of piperidine rings is 1. The summed E-state index contributed by atoms with van der Waals surface area (Å²) in [6.07, 6.45) is 2.48. The molecule has 0 spiro atoms. The van der Waals surface area contributed by atoms with Crippen LogP contribution in [0.2, 0.25) is 10.0 Å². The third-order valence-electron chi connectivity index (χ3n) is 6.32. The average Bonchev–Trinajstić information content (AvgIpc) is 3.09. The minimum atomic E-state index is -0.0791. The van der Waals surface area contributed by atoms with Crippen LogP contribution in [0.3, 0.4) is 0 Å². The first-order chi connectivity index (χ1) is 14.9. The lowest BCUT2D eigenvalue weighted by molar-refractivity contribution is 0.0996. The summed E-state index contributed by atoms with van der Waals surface area (Å²) in [6.45, 7) is 8.28. The van der Waals surface area contributed by atoms with Gasteiger partial charge in [-0.25, -0.2) is 0 Å². The molecule has 2 heterocycles. The molecule has 8 heteroatoms. The van der Waals surface area contributed by atoms with Crippen LogP contribution < -0.4 is 14.4 Å². The summed E-state index contributed by atoms with van der Waals surface area (Å²) >= 11 is 12.5. The van der Waals surface area contributed by atoms with E-state index in [1.165, 1.54) is 12.8 Å². The van der Waals surface area contributed by atoms with E-state index in [9.17, 15) is 4.79 Å². The Morgan fingerprint density at radius 1 is 1.12 bits per heavy atom. The first-order valence-corrected chi connectivity index (χ1v) is 11.5. The number of amides is 1. The third-order valence-corrected chi connectivity index (χ3v) is 7.21. The number of anilines is 1. The van der Waals surface area contributed by atoms with Gasteiger partial charge in [0, 0.05) is 23.9 Å². The number of halogens is 3. The van der Waals surface area contributed by atoms with Gasteiger partial charge in [0.1, 0.15) is 6.61 Å². The number of fused-ring (bicyclic) bond motifs is 1. The van der Waals surface area contributed by atoms with Crippen LogP contribution in [0.25, 0.3) is 0 Å². The van der Waals surface area contributed by atoms with Gasteiger partial charge in [-0.1, -0.05) is 30.1 Å². The molecule has 0 unspecified atom stereocenters. The van der Waals surface area contributed by atoms with Crippen molar-refractivity contribution in [2.45, 2.75) is 33.2 Å². The predicted molar refractivity (Wildman–Crippen MR) is 132 cm³/mol. The maximum atomic E-state index is 13.1. The zero-order valence-electron chi connectivity index (χ0n) is 18.6. The number of nitrogens with zero attached hydrogens (tertiary/aromatic N) is 2. The first-order valence-electron chi connectivity index (χ1n) is 10.7. The van der Waals surface area contributed by atoms with Crippen molar-refractivity contribution in [2.24, 2.45) is 5.92 Å². The first kappa shape index (κ1) is 25.0. The molecule has 1 saturated heterocycles. The number of rotatable bonds is 6. The summed E-state index contributed by atoms with van der Waals surface area (Å²) in [6, 6.07) is 7.38. The average molecular weight is 500 g/mol. The normalized spacial score (nSPS) is 16.7. The largest absolute Gasteiger partial charge is 0.493 e. The summed E-state index contributed by atoms with van der Waals surface area (Å²) in [5.41, 5.74) is 2.99. The maximum Gasteiger partial charge on any atom is 0.259 e. The SMILES string of the molecule is COc1ccc(N2Cc3cc(Cl)c(Cl)c(C)c3C2=O)cc1OCCN1CCC(C)CC1.Cl. The molecule has 2 aromatic carbocycles. The molecular weight excluding hydrogens is 471 g/mol. The van der Waals surface area contributed by atoms with Crippen molar-refractivity contribution in [3.05, 3.63) is 51.0 Å². The van der Waals surface area contributed by atoms with Gasteiger partial charge < -0.3 is 14.4 Å².